The summed E-state index contributed by atoms with van der Waals surface area (Å²) in [5.74, 6) is -0.854. The van der Waals surface area contributed by atoms with Crippen LogP contribution in [-0.2, 0) is 16.0 Å². The predicted octanol–water partition coefficient (Wildman–Crippen LogP) is 2.98. The van der Waals surface area contributed by atoms with Gasteiger partial charge in [-0.15, -0.1) is 0 Å². The topological polar surface area (TPSA) is 81.2 Å². The standard InChI is InChI=1S/C21H19N3O3/c25-20(24-17-7-3-5-14-4-1-2-6-16(14)17)13-27-21(26)15-8-9-18-19(12-15)23-11-10-22-18/h1-2,4,6,8-12,17H,3,5,7,13H2,(H,24,25). The summed E-state index contributed by atoms with van der Waals surface area (Å²) in [7, 11) is 0. The van der Waals surface area contributed by atoms with Crippen molar-refractivity contribution in [2.75, 3.05) is 6.61 Å². The van der Waals surface area contributed by atoms with E-state index in [1.807, 2.05) is 18.2 Å². The molecule has 1 aliphatic rings. The minimum atomic E-state index is -0.554. The number of rotatable bonds is 4. The van der Waals surface area contributed by atoms with E-state index >= 15 is 0 Å². The molecular formula is C21H19N3O3. The van der Waals surface area contributed by atoms with E-state index in [1.165, 1.54) is 5.56 Å². The molecule has 0 fully saturated rings. The minimum Gasteiger partial charge on any atom is -0.452 e. The van der Waals surface area contributed by atoms with Crippen molar-refractivity contribution >= 4 is 22.9 Å². The zero-order valence-electron chi connectivity index (χ0n) is 14.7. The number of carbonyl (C=O) groups is 2. The molecule has 0 saturated carbocycles. The lowest BCUT2D eigenvalue weighted by molar-refractivity contribution is -0.125. The summed E-state index contributed by atoms with van der Waals surface area (Å²) in [5.41, 5.74) is 4.07. The van der Waals surface area contributed by atoms with E-state index < -0.39 is 5.97 Å². The molecule has 0 radical (unpaired) electrons. The number of esters is 1. The molecule has 1 unspecified atom stereocenters. The van der Waals surface area contributed by atoms with Gasteiger partial charge in [-0.1, -0.05) is 24.3 Å². The van der Waals surface area contributed by atoms with Gasteiger partial charge in [-0.3, -0.25) is 14.8 Å². The van der Waals surface area contributed by atoms with Crippen LogP contribution in [0.3, 0.4) is 0 Å². The van der Waals surface area contributed by atoms with Crippen LogP contribution in [-0.4, -0.2) is 28.5 Å². The lowest BCUT2D eigenvalue weighted by Crippen LogP contribution is -2.34. The van der Waals surface area contributed by atoms with Gasteiger partial charge in [0.1, 0.15) is 0 Å². The molecule has 1 amide bonds. The average molecular weight is 361 g/mol. The number of aromatic nitrogens is 2. The molecular weight excluding hydrogens is 342 g/mol. The smallest absolute Gasteiger partial charge is 0.338 e. The van der Waals surface area contributed by atoms with Crippen molar-refractivity contribution in [2.24, 2.45) is 0 Å². The van der Waals surface area contributed by atoms with Crippen molar-refractivity contribution in [2.45, 2.75) is 25.3 Å². The number of benzene rings is 2. The van der Waals surface area contributed by atoms with E-state index in [-0.39, 0.29) is 18.6 Å². The Labute approximate surface area is 156 Å². The second-order valence-corrected chi connectivity index (χ2v) is 6.55. The largest absolute Gasteiger partial charge is 0.452 e. The first kappa shape index (κ1) is 17.1. The molecule has 1 aliphatic carbocycles. The quantitative estimate of drug-likeness (QED) is 0.723. The fourth-order valence-electron chi connectivity index (χ4n) is 3.44. The highest BCUT2D eigenvalue weighted by Gasteiger charge is 2.22. The van der Waals surface area contributed by atoms with Gasteiger partial charge in [0, 0.05) is 12.4 Å². The van der Waals surface area contributed by atoms with Gasteiger partial charge in [-0.05, 0) is 48.6 Å². The number of nitrogens with zero attached hydrogens (tertiary/aromatic N) is 2. The van der Waals surface area contributed by atoms with Gasteiger partial charge in [0.25, 0.3) is 5.91 Å². The van der Waals surface area contributed by atoms with Gasteiger partial charge < -0.3 is 10.1 Å². The Bertz CT molecular complexity index is 1000. The van der Waals surface area contributed by atoms with Crippen LogP contribution in [0.5, 0.6) is 0 Å². The van der Waals surface area contributed by atoms with Crippen molar-refractivity contribution in [3.8, 4) is 0 Å². The van der Waals surface area contributed by atoms with Crippen molar-refractivity contribution in [3.05, 3.63) is 71.5 Å². The monoisotopic (exact) mass is 361 g/mol. The van der Waals surface area contributed by atoms with E-state index in [2.05, 4.69) is 21.4 Å². The number of hydrogen-bond donors (Lipinski definition) is 1. The first-order valence-corrected chi connectivity index (χ1v) is 8.96. The molecule has 6 heteroatoms. The number of ether oxygens (including phenoxy) is 1. The molecule has 136 valence electrons. The molecule has 6 nitrogen and oxygen atoms in total. The third-order valence-corrected chi connectivity index (χ3v) is 4.74. The summed E-state index contributed by atoms with van der Waals surface area (Å²) in [6.45, 7) is -0.310. The lowest BCUT2D eigenvalue weighted by atomic mass is 9.88. The van der Waals surface area contributed by atoms with Gasteiger partial charge in [-0.2, -0.15) is 0 Å². The summed E-state index contributed by atoms with van der Waals surface area (Å²) < 4.78 is 5.17. The lowest BCUT2D eigenvalue weighted by Gasteiger charge is -2.26. The Balaban J connectivity index is 1.37. The van der Waals surface area contributed by atoms with E-state index in [1.54, 1.807) is 30.6 Å². The van der Waals surface area contributed by atoms with Crippen LogP contribution in [0.4, 0.5) is 0 Å². The zero-order chi connectivity index (χ0) is 18.6. The molecule has 1 N–H and O–H groups in total. The molecule has 3 aromatic rings. The second kappa shape index (κ2) is 7.53. The number of carbonyl (C=O) groups excluding carboxylic acids is 2. The van der Waals surface area contributed by atoms with Crippen molar-refractivity contribution in [3.63, 3.8) is 0 Å². The van der Waals surface area contributed by atoms with Gasteiger partial charge in [0.15, 0.2) is 6.61 Å². The maximum Gasteiger partial charge on any atom is 0.338 e. The van der Waals surface area contributed by atoms with E-state index in [0.717, 1.165) is 24.8 Å². The molecule has 4 rings (SSSR count). The van der Waals surface area contributed by atoms with Crippen LogP contribution in [0.25, 0.3) is 11.0 Å². The number of aryl methyl sites for hydroxylation is 1. The molecule has 1 aromatic heterocycles. The molecule has 1 atom stereocenters. The molecule has 0 aliphatic heterocycles. The van der Waals surface area contributed by atoms with Crippen LogP contribution in [0, 0.1) is 0 Å². The first-order chi connectivity index (χ1) is 13.2. The highest BCUT2D eigenvalue weighted by Crippen LogP contribution is 2.29. The number of nitrogens with one attached hydrogen (secondary N) is 1. The van der Waals surface area contributed by atoms with Gasteiger partial charge in [0.05, 0.1) is 22.6 Å². The second-order valence-electron chi connectivity index (χ2n) is 6.55. The van der Waals surface area contributed by atoms with Crippen molar-refractivity contribution in [1.29, 1.82) is 0 Å². The molecule has 1 heterocycles. The zero-order valence-corrected chi connectivity index (χ0v) is 14.7. The highest BCUT2D eigenvalue weighted by atomic mass is 16.5. The van der Waals surface area contributed by atoms with E-state index in [4.69, 9.17) is 4.74 Å². The van der Waals surface area contributed by atoms with Gasteiger partial charge >= 0.3 is 5.97 Å². The SMILES string of the molecule is O=C(COC(=O)c1ccc2nccnc2c1)NC1CCCc2ccccc21. The van der Waals surface area contributed by atoms with Crippen LogP contribution in [0.15, 0.2) is 54.9 Å². The maximum absolute atomic E-state index is 12.3. The summed E-state index contributed by atoms with van der Waals surface area (Å²) >= 11 is 0. The molecule has 0 bridgehead atoms. The van der Waals surface area contributed by atoms with E-state index in [9.17, 15) is 9.59 Å². The Morgan fingerprint density at radius 1 is 1.07 bits per heavy atom. The third kappa shape index (κ3) is 3.79. The number of amides is 1. The summed E-state index contributed by atoms with van der Waals surface area (Å²) in [6, 6.07) is 13.0. The average Bonchev–Trinajstić information content (AvgIpc) is 2.72. The Morgan fingerprint density at radius 2 is 1.89 bits per heavy atom. The van der Waals surface area contributed by atoms with Crippen LogP contribution in [0.1, 0.15) is 40.4 Å². The fourth-order valence-corrected chi connectivity index (χ4v) is 3.44. The van der Waals surface area contributed by atoms with Crippen molar-refractivity contribution in [1.82, 2.24) is 15.3 Å². The number of fused-ring (bicyclic) bond motifs is 2. The van der Waals surface area contributed by atoms with Gasteiger partial charge in [-0.25, -0.2) is 4.79 Å². The van der Waals surface area contributed by atoms with Crippen LogP contribution in [0.2, 0.25) is 0 Å². The summed E-state index contributed by atoms with van der Waals surface area (Å²) in [6.07, 6.45) is 6.10. The third-order valence-electron chi connectivity index (χ3n) is 4.74. The van der Waals surface area contributed by atoms with Gasteiger partial charge in [0.2, 0.25) is 0 Å². The molecule has 0 saturated heterocycles. The predicted molar refractivity (Wildman–Crippen MR) is 100 cm³/mol. The molecule has 0 spiro atoms. The fraction of sp³-hybridized carbons (Fsp3) is 0.238. The minimum absolute atomic E-state index is 0.0305. The Hall–Kier alpha value is -3.28. The molecule has 2 aromatic carbocycles. The van der Waals surface area contributed by atoms with Crippen molar-refractivity contribution < 1.29 is 14.3 Å². The number of hydrogen-bond acceptors (Lipinski definition) is 5. The summed E-state index contributed by atoms with van der Waals surface area (Å²) in [4.78, 5) is 32.8. The summed E-state index contributed by atoms with van der Waals surface area (Å²) in [5, 5.41) is 2.97. The van der Waals surface area contributed by atoms with Crippen LogP contribution < -0.4 is 5.32 Å². The first-order valence-electron chi connectivity index (χ1n) is 8.96. The maximum atomic E-state index is 12.3. The Kier molecular flexibility index (Phi) is 4.78. The normalized spacial score (nSPS) is 15.8. The molecule has 27 heavy (non-hydrogen) atoms. The highest BCUT2D eigenvalue weighted by molar-refractivity contribution is 5.94. The van der Waals surface area contributed by atoms with Crippen LogP contribution >= 0.6 is 0 Å². The Morgan fingerprint density at radius 3 is 2.78 bits per heavy atom. The van der Waals surface area contributed by atoms with E-state index in [0.29, 0.717) is 16.6 Å².